The van der Waals surface area contributed by atoms with Gasteiger partial charge in [0.1, 0.15) is 4.32 Å². The molecule has 1 amide bonds. The molecule has 0 heterocycles. The zero-order valence-corrected chi connectivity index (χ0v) is 21.0. The van der Waals surface area contributed by atoms with Gasteiger partial charge in [0.15, 0.2) is 0 Å². The summed E-state index contributed by atoms with van der Waals surface area (Å²) in [6.45, 7) is 0. The minimum atomic E-state index is -1.57. The van der Waals surface area contributed by atoms with Crippen molar-refractivity contribution in [1.82, 2.24) is 0 Å². The molecule has 0 unspecified atom stereocenters. The summed E-state index contributed by atoms with van der Waals surface area (Å²) >= 11 is 5.72. The van der Waals surface area contributed by atoms with Gasteiger partial charge in [0.2, 0.25) is 0 Å². The molecule has 0 atom stereocenters. The van der Waals surface area contributed by atoms with E-state index in [0.29, 0.717) is 21.3 Å². The van der Waals surface area contributed by atoms with Gasteiger partial charge in [0.05, 0.1) is 11.4 Å². The van der Waals surface area contributed by atoms with E-state index in [1.165, 1.54) is 11.1 Å². The van der Waals surface area contributed by atoms with Crippen LogP contribution in [-0.4, -0.2) is 10.2 Å². The van der Waals surface area contributed by atoms with E-state index in [1.54, 1.807) is 12.1 Å². The maximum absolute atomic E-state index is 12.8. The number of carbonyl (C=O) groups excluding carboxylic acids is 1. The van der Waals surface area contributed by atoms with Gasteiger partial charge in [-0.3, -0.25) is 4.79 Å². The third-order valence-corrected chi connectivity index (χ3v) is 10.4. The first-order valence-electron chi connectivity index (χ1n) is 11.3. The van der Waals surface area contributed by atoms with Crippen LogP contribution in [0.2, 0.25) is 0 Å². The number of hydrogen-bond acceptors (Lipinski definition) is 3. The average Bonchev–Trinajstić information content (AvgIpc) is 2.87. The molecule has 4 rings (SSSR count). The van der Waals surface area contributed by atoms with Crippen LogP contribution in [0.3, 0.4) is 0 Å². The fourth-order valence-corrected chi connectivity index (χ4v) is 7.78. The molecule has 4 aromatic carbocycles. The number of para-hydroxylation sites is 2. The first-order chi connectivity index (χ1) is 16.9. The molecular weight excluding hydrogens is 470 g/mol. The molecule has 6 heteroatoms. The van der Waals surface area contributed by atoms with Crippen molar-refractivity contribution >= 4 is 43.8 Å². The summed E-state index contributed by atoms with van der Waals surface area (Å²) in [5.41, 5.74) is 17.7. The third-order valence-electron chi connectivity index (χ3n) is 5.87. The van der Waals surface area contributed by atoms with E-state index in [9.17, 15) is 4.79 Å². The van der Waals surface area contributed by atoms with Gasteiger partial charge in [-0.1, -0.05) is 97.1 Å². The number of amides is 1. The molecule has 0 spiro atoms. The lowest BCUT2D eigenvalue weighted by Crippen LogP contribution is -2.24. The summed E-state index contributed by atoms with van der Waals surface area (Å²) in [6.07, 6.45) is 0. The monoisotopic (exact) mass is 499 g/mol. The lowest BCUT2D eigenvalue weighted by atomic mass is 10.1. The molecule has 35 heavy (non-hydrogen) atoms. The maximum atomic E-state index is 12.8. The van der Waals surface area contributed by atoms with E-state index < -0.39 is 10.0 Å². The lowest BCUT2D eigenvalue weighted by Gasteiger charge is -2.39. The molecule has 0 saturated heterocycles. The van der Waals surface area contributed by atoms with Crippen LogP contribution >= 0.6 is 22.2 Å². The van der Waals surface area contributed by atoms with Crippen molar-refractivity contribution in [3.8, 4) is 0 Å². The molecule has 0 aliphatic heterocycles. The van der Waals surface area contributed by atoms with Crippen LogP contribution in [0.15, 0.2) is 109 Å². The zero-order valence-electron chi connectivity index (χ0n) is 19.4. The van der Waals surface area contributed by atoms with Gasteiger partial charge in [-0.2, -0.15) is 10.0 Å². The fourth-order valence-electron chi connectivity index (χ4n) is 4.03. The molecule has 0 saturated carbocycles. The summed E-state index contributed by atoms with van der Waals surface area (Å²) in [6, 6.07) is 35.7. The second-order valence-electron chi connectivity index (χ2n) is 8.51. The Kier molecular flexibility index (Phi) is 7.85. The minimum Gasteiger partial charge on any atom is -0.397 e. The van der Waals surface area contributed by atoms with Crippen LogP contribution in [-0.2, 0) is 17.3 Å². The maximum Gasteiger partial charge on any atom is 0.255 e. The van der Waals surface area contributed by atoms with Crippen molar-refractivity contribution in [2.75, 3.05) is 11.1 Å². The van der Waals surface area contributed by atoms with Crippen molar-refractivity contribution < 1.29 is 4.79 Å². The number of anilines is 2. The Morgan fingerprint density at radius 2 is 1.14 bits per heavy atom. The van der Waals surface area contributed by atoms with E-state index in [4.69, 9.17) is 23.7 Å². The van der Waals surface area contributed by atoms with Gasteiger partial charge in [-0.15, -0.1) is 0 Å². The first kappa shape index (κ1) is 24.5. The predicted molar refractivity (Wildman–Crippen MR) is 154 cm³/mol. The number of thiocarbonyl (C=S) groups is 1. The molecule has 0 radical (unpaired) electrons. The summed E-state index contributed by atoms with van der Waals surface area (Å²) in [5, 5.41) is 2.88. The molecule has 0 aliphatic carbocycles. The average molecular weight is 500 g/mol. The number of benzene rings is 4. The first-order valence-corrected chi connectivity index (χ1v) is 13.9. The highest BCUT2D eigenvalue weighted by atomic mass is 32.3. The molecule has 0 bridgehead atoms. The predicted octanol–water partition coefficient (Wildman–Crippen LogP) is 6.47. The Balaban J connectivity index is 1.59. The third kappa shape index (κ3) is 6.29. The number of carbonyl (C=O) groups is 1. The van der Waals surface area contributed by atoms with Crippen molar-refractivity contribution in [3.63, 3.8) is 0 Å². The van der Waals surface area contributed by atoms with Crippen molar-refractivity contribution in [2.24, 2.45) is 5.73 Å². The molecule has 5 N–H and O–H groups in total. The molecule has 4 aromatic rings. The SMILES string of the molecule is NC(=S)S(Cc1ccccc1)(Cc1ccccc1)Cc1ccc(C(=O)Nc2ccccc2N)cc1. The number of rotatable bonds is 8. The summed E-state index contributed by atoms with van der Waals surface area (Å²) in [7, 11) is -1.57. The van der Waals surface area contributed by atoms with Gasteiger partial charge in [-0.05, 0) is 41.0 Å². The van der Waals surface area contributed by atoms with Crippen LogP contribution < -0.4 is 16.8 Å². The molecular formula is C29H29N3OS2. The van der Waals surface area contributed by atoms with Crippen molar-refractivity contribution in [2.45, 2.75) is 17.3 Å². The number of nitrogens with one attached hydrogen (secondary N) is 1. The summed E-state index contributed by atoms with van der Waals surface area (Å²) in [4.78, 5) is 12.8. The number of hydrogen-bond donors (Lipinski definition) is 3. The fraction of sp³-hybridized carbons (Fsp3) is 0.103. The molecule has 178 valence electrons. The van der Waals surface area contributed by atoms with Crippen molar-refractivity contribution in [1.29, 1.82) is 0 Å². The second-order valence-corrected chi connectivity index (χ2v) is 12.6. The normalized spacial score (nSPS) is 11.5. The Morgan fingerprint density at radius 3 is 1.63 bits per heavy atom. The van der Waals surface area contributed by atoms with Crippen LogP contribution in [0.1, 0.15) is 27.0 Å². The Hall–Kier alpha value is -3.61. The van der Waals surface area contributed by atoms with Gasteiger partial charge in [-0.25, -0.2) is 0 Å². The lowest BCUT2D eigenvalue weighted by molar-refractivity contribution is 0.102. The standard InChI is InChI=1S/C29H29N3OS2/c30-26-13-7-8-14-27(26)32-28(33)25-17-15-24(16-18-25)21-35(29(31)34,19-22-9-3-1-4-10-22)20-23-11-5-2-6-12-23/h1-18H,19-21,30H2,(H2,31,34)(H,32,33). The highest BCUT2D eigenvalue weighted by molar-refractivity contribution is 8.48. The number of nitrogens with two attached hydrogens (primary N) is 2. The quantitative estimate of drug-likeness (QED) is 0.192. The van der Waals surface area contributed by atoms with E-state index in [1.807, 2.05) is 48.5 Å². The van der Waals surface area contributed by atoms with Gasteiger partial charge in [0, 0.05) is 22.8 Å². The highest BCUT2D eigenvalue weighted by Gasteiger charge is 2.29. The number of nitrogen functional groups attached to an aromatic ring is 1. The van der Waals surface area contributed by atoms with Crippen LogP contribution in [0.25, 0.3) is 0 Å². The van der Waals surface area contributed by atoms with E-state index in [-0.39, 0.29) is 5.91 Å². The second kappa shape index (κ2) is 11.2. The Bertz CT molecular complexity index is 1250. The largest absolute Gasteiger partial charge is 0.397 e. The Morgan fingerprint density at radius 1 is 0.686 bits per heavy atom. The van der Waals surface area contributed by atoms with E-state index >= 15 is 0 Å². The topological polar surface area (TPSA) is 81.1 Å². The van der Waals surface area contributed by atoms with E-state index in [0.717, 1.165) is 22.8 Å². The van der Waals surface area contributed by atoms with Crippen LogP contribution in [0, 0.1) is 0 Å². The molecule has 0 aliphatic rings. The van der Waals surface area contributed by atoms with Crippen LogP contribution in [0.4, 0.5) is 11.4 Å². The highest BCUT2D eigenvalue weighted by Crippen LogP contribution is 2.56. The van der Waals surface area contributed by atoms with Crippen LogP contribution in [0.5, 0.6) is 0 Å². The van der Waals surface area contributed by atoms with Gasteiger partial charge < -0.3 is 16.8 Å². The smallest absolute Gasteiger partial charge is 0.255 e. The zero-order chi connectivity index (χ0) is 24.7. The molecule has 0 aromatic heterocycles. The molecule has 0 fully saturated rings. The van der Waals surface area contributed by atoms with Crippen molar-refractivity contribution in [3.05, 3.63) is 131 Å². The molecule has 4 nitrogen and oxygen atoms in total. The minimum absolute atomic E-state index is 0.198. The van der Waals surface area contributed by atoms with Gasteiger partial charge in [0.25, 0.3) is 5.91 Å². The summed E-state index contributed by atoms with van der Waals surface area (Å²) < 4.78 is 0.576. The summed E-state index contributed by atoms with van der Waals surface area (Å²) in [5.74, 6) is 2.18. The van der Waals surface area contributed by atoms with E-state index in [2.05, 4.69) is 53.8 Å². The van der Waals surface area contributed by atoms with Gasteiger partial charge >= 0.3 is 0 Å². The Labute approximate surface area is 213 Å².